The molecule has 0 spiro atoms. The van der Waals surface area contributed by atoms with E-state index in [0.717, 1.165) is 13.1 Å². The zero-order chi connectivity index (χ0) is 6.57. The van der Waals surface area contributed by atoms with Crippen molar-refractivity contribution in [2.75, 3.05) is 13.1 Å². The molecule has 0 amide bonds. The van der Waals surface area contributed by atoms with Gasteiger partial charge >= 0.3 is 0 Å². The van der Waals surface area contributed by atoms with Gasteiger partial charge in [-0.3, -0.25) is 0 Å². The normalized spacial score (nSPS) is 5.83. The Labute approximate surface area is 100.0 Å². The zero-order valence-corrected chi connectivity index (χ0v) is 10.5. The summed E-state index contributed by atoms with van der Waals surface area (Å²) in [5, 5.41) is 8.66. The van der Waals surface area contributed by atoms with E-state index < -0.39 is 0 Å². The third kappa shape index (κ3) is 13.2. The first kappa shape index (κ1) is 29.4. The summed E-state index contributed by atoms with van der Waals surface area (Å²) in [7, 11) is 0. The third-order valence-corrected chi connectivity index (χ3v) is 1.29. The number of thiocarbonyl (C=S) groups is 1. The molecule has 7 N–H and O–H groups in total. The van der Waals surface area contributed by atoms with E-state index in [2.05, 4.69) is 12.2 Å². The van der Waals surface area contributed by atoms with Crippen LogP contribution < -0.4 is 0 Å². The first-order valence-electron chi connectivity index (χ1n) is 2.70. The number of nitrogens with zero attached hydrogens (tertiary/aromatic N) is 1. The Hall–Kier alpha value is 0.570. The van der Waals surface area contributed by atoms with E-state index in [1.165, 1.54) is 0 Å². The fraction of sp³-hybridized carbons (Fsp3) is 0.800. The van der Waals surface area contributed by atoms with Crippen molar-refractivity contribution >= 4 is 46.9 Å². The molecular formula is C5H17NNaO4S. The first-order chi connectivity index (χ1) is 3.72. The molecule has 0 bridgehead atoms. The van der Waals surface area contributed by atoms with Crippen LogP contribution in [0.2, 0.25) is 0 Å². The van der Waals surface area contributed by atoms with Gasteiger partial charge in [0.25, 0.3) is 5.17 Å². The molecule has 0 aliphatic carbocycles. The molecule has 0 unspecified atom stereocenters. The molecule has 0 heterocycles. The van der Waals surface area contributed by atoms with Gasteiger partial charge in [0.15, 0.2) is 0 Å². The van der Waals surface area contributed by atoms with Crippen molar-refractivity contribution in [1.82, 2.24) is 4.90 Å². The Morgan fingerprint density at radius 2 is 1.42 bits per heavy atom. The minimum absolute atomic E-state index is 0. The van der Waals surface area contributed by atoms with E-state index in [1.54, 1.807) is 4.90 Å². The maximum absolute atomic E-state index is 8.67. The molecule has 0 aromatic rings. The molecule has 7 heteroatoms. The average Bonchev–Trinajstić information content (AvgIpc) is 1.69. The standard InChI is InChI=1S/C5H11NOS.Na.3H2O/c1-3-6(4-2)5(7)8;;;;/h3-4H2,1-2H3,(H,7,8);;3*1H2. The van der Waals surface area contributed by atoms with Crippen molar-refractivity contribution in [2.45, 2.75) is 13.8 Å². The molecule has 73 valence electrons. The largest absolute Gasteiger partial charge is 0.487 e. The van der Waals surface area contributed by atoms with Gasteiger partial charge in [0, 0.05) is 42.6 Å². The maximum atomic E-state index is 8.67. The quantitative estimate of drug-likeness (QED) is 0.433. The summed E-state index contributed by atoms with van der Waals surface area (Å²) in [6.45, 7) is 5.47. The molecule has 0 aromatic heterocycles. The summed E-state index contributed by atoms with van der Waals surface area (Å²) < 4.78 is 0. The van der Waals surface area contributed by atoms with Crippen LogP contribution in [0.25, 0.3) is 0 Å². The van der Waals surface area contributed by atoms with Crippen molar-refractivity contribution in [2.24, 2.45) is 0 Å². The Kier molecular flexibility index (Phi) is 43.1. The molecule has 0 saturated carbocycles. The van der Waals surface area contributed by atoms with Gasteiger partial charge in [0.05, 0.1) is 0 Å². The molecule has 5 nitrogen and oxygen atoms in total. The maximum Gasteiger partial charge on any atom is 0.256 e. The van der Waals surface area contributed by atoms with Crippen LogP contribution in [0, 0.1) is 0 Å². The molecular weight excluding hydrogens is 193 g/mol. The zero-order valence-electron chi connectivity index (χ0n) is 7.72. The number of hydrogen-bond donors (Lipinski definition) is 1. The topological polar surface area (TPSA) is 118 Å². The van der Waals surface area contributed by atoms with Crippen LogP contribution in [0.3, 0.4) is 0 Å². The van der Waals surface area contributed by atoms with Gasteiger partial charge < -0.3 is 26.4 Å². The fourth-order valence-corrected chi connectivity index (χ4v) is 0.752. The van der Waals surface area contributed by atoms with Crippen LogP contribution >= 0.6 is 12.2 Å². The van der Waals surface area contributed by atoms with Gasteiger partial charge in [0.2, 0.25) is 0 Å². The molecule has 0 rings (SSSR count). The molecule has 1 radical (unpaired) electrons. The second kappa shape index (κ2) is 17.6. The molecule has 0 saturated heterocycles. The van der Waals surface area contributed by atoms with Crippen molar-refractivity contribution in [3.05, 3.63) is 0 Å². The molecule has 0 aliphatic rings. The summed E-state index contributed by atoms with van der Waals surface area (Å²) >= 11 is 4.50. The van der Waals surface area contributed by atoms with Gasteiger partial charge in [-0.2, -0.15) is 0 Å². The number of aliphatic hydroxyl groups excluding tert-OH is 1. The SMILES string of the molecule is CCN(CC)C(O)=S.O.O.O.[Na]. The smallest absolute Gasteiger partial charge is 0.256 e. The van der Waals surface area contributed by atoms with Gasteiger partial charge in [0.1, 0.15) is 0 Å². The second-order valence-electron chi connectivity index (χ2n) is 1.45. The van der Waals surface area contributed by atoms with Gasteiger partial charge in [-0.1, -0.05) is 0 Å². The number of rotatable bonds is 2. The Bertz CT molecular complexity index is 91.5. The Morgan fingerprint density at radius 1 is 1.17 bits per heavy atom. The van der Waals surface area contributed by atoms with Crippen molar-refractivity contribution in [3.63, 3.8) is 0 Å². The number of hydrogen-bond acceptors (Lipinski definition) is 1. The summed E-state index contributed by atoms with van der Waals surface area (Å²) in [5.74, 6) is 0. The van der Waals surface area contributed by atoms with Gasteiger partial charge in [-0.25, -0.2) is 0 Å². The van der Waals surface area contributed by atoms with E-state index in [-0.39, 0.29) is 51.2 Å². The molecule has 0 aliphatic heterocycles. The first-order valence-corrected chi connectivity index (χ1v) is 3.11. The van der Waals surface area contributed by atoms with E-state index >= 15 is 0 Å². The van der Waals surface area contributed by atoms with Gasteiger partial charge in [-0.15, -0.1) is 0 Å². The van der Waals surface area contributed by atoms with Crippen molar-refractivity contribution < 1.29 is 21.5 Å². The van der Waals surface area contributed by atoms with E-state index in [0.29, 0.717) is 0 Å². The van der Waals surface area contributed by atoms with Gasteiger partial charge in [-0.05, 0) is 26.1 Å². The van der Waals surface area contributed by atoms with Crippen molar-refractivity contribution in [1.29, 1.82) is 0 Å². The fourth-order valence-electron chi connectivity index (χ4n) is 0.494. The minimum atomic E-state index is -0.00463. The Balaban J connectivity index is -0.0000000408. The predicted octanol–water partition coefficient (Wildman–Crippen LogP) is -1.68. The monoisotopic (exact) mass is 210 g/mol. The van der Waals surface area contributed by atoms with E-state index in [4.69, 9.17) is 5.11 Å². The van der Waals surface area contributed by atoms with Crippen molar-refractivity contribution in [3.8, 4) is 0 Å². The second-order valence-corrected chi connectivity index (χ2v) is 1.82. The molecule has 0 atom stereocenters. The van der Waals surface area contributed by atoms with E-state index in [9.17, 15) is 0 Å². The summed E-state index contributed by atoms with van der Waals surface area (Å²) in [6, 6.07) is 0. The van der Waals surface area contributed by atoms with E-state index in [1.807, 2.05) is 13.8 Å². The van der Waals surface area contributed by atoms with Crippen LogP contribution in [0.4, 0.5) is 0 Å². The molecule has 12 heavy (non-hydrogen) atoms. The number of aliphatic hydroxyl groups is 1. The molecule has 0 aromatic carbocycles. The summed E-state index contributed by atoms with van der Waals surface area (Å²) in [6.07, 6.45) is 0. The summed E-state index contributed by atoms with van der Waals surface area (Å²) in [5.41, 5.74) is 0. The van der Waals surface area contributed by atoms with Crippen LogP contribution in [0.15, 0.2) is 0 Å². The van der Waals surface area contributed by atoms with Crippen LogP contribution in [0.1, 0.15) is 13.8 Å². The Morgan fingerprint density at radius 3 is 1.42 bits per heavy atom. The predicted molar refractivity (Wildman–Crippen MR) is 54.7 cm³/mol. The minimum Gasteiger partial charge on any atom is -0.487 e. The molecule has 0 fully saturated rings. The third-order valence-electron chi connectivity index (χ3n) is 1.03. The average molecular weight is 210 g/mol. The van der Waals surface area contributed by atoms with Crippen LogP contribution in [-0.4, -0.2) is 74.3 Å². The summed E-state index contributed by atoms with van der Waals surface area (Å²) in [4.78, 5) is 1.70. The van der Waals surface area contributed by atoms with Crippen LogP contribution in [-0.2, 0) is 0 Å². The van der Waals surface area contributed by atoms with Crippen LogP contribution in [0.5, 0.6) is 0 Å².